The Morgan fingerprint density at radius 2 is 2.17 bits per heavy atom. The average molecular weight is 421 g/mol. The Bertz CT molecular complexity index is 652. The summed E-state index contributed by atoms with van der Waals surface area (Å²) in [5, 5.41) is 7.04. The van der Waals surface area contributed by atoms with Gasteiger partial charge in [0, 0.05) is 49.7 Å². The fourth-order valence-corrected chi connectivity index (χ4v) is 5.20. The normalized spacial score (nSPS) is 23.6. The van der Waals surface area contributed by atoms with Crippen molar-refractivity contribution in [1.29, 1.82) is 0 Å². The van der Waals surface area contributed by atoms with Crippen molar-refractivity contribution in [3.05, 3.63) is 46.8 Å². The molecule has 0 bridgehead atoms. The standard InChI is InChI=1S/C22H40N6S/c1-7-20(27-25-5)22(2,3)12-11-16(14-24-4)18-9-8-10-19(28(18)6)21-26-15-17(13-23)29-21/h8-10,14-15,19-21,24-27H,7,11-13,23H2,1-6H3/b16-14+. The van der Waals surface area contributed by atoms with Gasteiger partial charge >= 0.3 is 0 Å². The summed E-state index contributed by atoms with van der Waals surface area (Å²) < 4.78 is 0. The first kappa shape index (κ1) is 23.9. The minimum absolute atomic E-state index is 0.177. The van der Waals surface area contributed by atoms with Crippen molar-refractivity contribution in [1.82, 2.24) is 26.4 Å². The van der Waals surface area contributed by atoms with Gasteiger partial charge in [-0.15, -0.1) is 11.8 Å². The van der Waals surface area contributed by atoms with Crippen LogP contribution in [0.1, 0.15) is 40.0 Å². The van der Waals surface area contributed by atoms with Gasteiger partial charge in [-0.2, -0.15) is 0 Å². The number of likely N-dealkylation sites (N-methyl/N-ethyl adjacent to an activating group) is 1. The zero-order valence-electron chi connectivity index (χ0n) is 18.9. The maximum atomic E-state index is 5.81. The van der Waals surface area contributed by atoms with E-state index in [-0.39, 0.29) is 16.8 Å². The largest absolute Gasteiger partial charge is 0.394 e. The van der Waals surface area contributed by atoms with E-state index in [2.05, 4.69) is 84.8 Å². The molecule has 2 aliphatic heterocycles. The maximum Gasteiger partial charge on any atom is 0.100 e. The Morgan fingerprint density at radius 1 is 1.41 bits per heavy atom. The SMILES string of the molecule is CCC(NNC)C(C)(C)CC/C(=C\NC)C1=CC=CC(C2NC=C(CN)S2)N1C. The van der Waals surface area contributed by atoms with Crippen LogP contribution in [-0.2, 0) is 0 Å². The van der Waals surface area contributed by atoms with Crippen LogP contribution in [0.5, 0.6) is 0 Å². The molecule has 29 heavy (non-hydrogen) atoms. The number of hydrogen-bond donors (Lipinski definition) is 5. The highest BCUT2D eigenvalue weighted by Gasteiger charge is 2.32. The Kier molecular flexibility index (Phi) is 9.14. The Balaban J connectivity index is 2.09. The van der Waals surface area contributed by atoms with Crippen LogP contribution in [0.3, 0.4) is 0 Å². The number of nitrogens with zero attached hydrogens (tertiary/aromatic N) is 1. The lowest BCUT2D eigenvalue weighted by molar-refractivity contribution is 0.202. The van der Waals surface area contributed by atoms with Crippen molar-refractivity contribution in [3.8, 4) is 0 Å². The molecule has 2 heterocycles. The Hall–Kier alpha value is -1.41. The van der Waals surface area contributed by atoms with Crippen LogP contribution in [0.2, 0.25) is 0 Å². The molecule has 0 fully saturated rings. The molecule has 6 N–H and O–H groups in total. The molecule has 0 radical (unpaired) electrons. The monoisotopic (exact) mass is 420 g/mol. The van der Waals surface area contributed by atoms with Gasteiger partial charge in [-0.1, -0.05) is 32.9 Å². The van der Waals surface area contributed by atoms with Crippen molar-refractivity contribution in [2.24, 2.45) is 11.1 Å². The minimum Gasteiger partial charge on any atom is -0.394 e. The number of nitrogens with one attached hydrogen (secondary N) is 4. The fourth-order valence-electron chi connectivity index (χ4n) is 4.09. The summed E-state index contributed by atoms with van der Waals surface area (Å²) in [6.45, 7) is 7.53. The van der Waals surface area contributed by atoms with Gasteiger partial charge in [-0.05, 0) is 43.4 Å². The van der Waals surface area contributed by atoms with Crippen molar-refractivity contribution in [2.75, 3.05) is 27.7 Å². The number of allylic oxidation sites excluding steroid dienone is 3. The molecule has 0 saturated carbocycles. The van der Waals surface area contributed by atoms with E-state index in [9.17, 15) is 0 Å². The smallest absolute Gasteiger partial charge is 0.100 e. The first-order valence-electron chi connectivity index (χ1n) is 10.6. The van der Waals surface area contributed by atoms with Gasteiger partial charge in [0.15, 0.2) is 0 Å². The van der Waals surface area contributed by atoms with Crippen LogP contribution >= 0.6 is 11.8 Å². The molecule has 0 saturated heterocycles. The number of rotatable bonds is 11. The predicted molar refractivity (Wildman–Crippen MR) is 127 cm³/mol. The third-order valence-corrected chi connectivity index (χ3v) is 7.20. The molecule has 6 nitrogen and oxygen atoms in total. The van der Waals surface area contributed by atoms with Gasteiger partial charge < -0.3 is 21.3 Å². The average Bonchev–Trinajstić information content (AvgIpc) is 3.18. The molecule has 3 unspecified atom stereocenters. The Labute approximate surface area is 181 Å². The van der Waals surface area contributed by atoms with E-state index in [0.717, 1.165) is 19.3 Å². The number of thioether (sulfide) groups is 1. The van der Waals surface area contributed by atoms with E-state index < -0.39 is 0 Å². The second-order valence-electron chi connectivity index (χ2n) is 8.36. The quantitative estimate of drug-likeness (QED) is 0.329. The van der Waals surface area contributed by atoms with Gasteiger partial charge in [0.25, 0.3) is 0 Å². The fraction of sp³-hybridized carbons (Fsp3) is 0.636. The zero-order valence-corrected chi connectivity index (χ0v) is 19.7. The molecule has 164 valence electrons. The third-order valence-electron chi connectivity index (χ3n) is 5.94. The minimum atomic E-state index is 0.177. The second kappa shape index (κ2) is 11.1. The van der Waals surface area contributed by atoms with Crippen molar-refractivity contribution >= 4 is 11.8 Å². The molecule has 0 spiro atoms. The summed E-state index contributed by atoms with van der Waals surface area (Å²) in [6.07, 6.45) is 14.1. The Morgan fingerprint density at radius 3 is 2.76 bits per heavy atom. The summed E-state index contributed by atoms with van der Waals surface area (Å²) >= 11 is 1.83. The molecular weight excluding hydrogens is 380 g/mol. The van der Waals surface area contributed by atoms with Crippen molar-refractivity contribution < 1.29 is 0 Å². The summed E-state index contributed by atoms with van der Waals surface area (Å²) in [5.41, 5.74) is 15.2. The van der Waals surface area contributed by atoms with E-state index in [1.807, 2.05) is 25.9 Å². The molecule has 0 aromatic carbocycles. The molecule has 0 aromatic rings. The first-order chi connectivity index (χ1) is 13.9. The van der Waals surface area contributed by atoms with Gasteiger partial charge in [-0.3, -0.25) is 10.9 Å². The van der Waals surface area contributed by atoms with E-state index >= 15 is 0 Å². The molecule has 2 aliphatic rings. The topological polar surface area (TPSA) is 77.4 Å². The third kappa shape index (κ3) is 6.04. The highest BCUT2D eigenvalue weighted by Crippen LogP contribution is 2.36. The van der Waals surface area contributed by atoms with Crippen molar-refractivity contribution in [2.45, 2.75) is 57.5 Å². The predicted octanol–water partition coefficient (Wildman–Crippen LogP) is 2.62. The highest BCUT2D eigenvalue weighted by molar-refractivity contribution is 8.03. The van der Waals surface area contributed by atoms with E-state index in [1.165, 1.54) is 16.2 Å². The van der Waals surface area contributed by atoms with Crippen molar-refractivity contribution in [3.63, 3.8) is 0 Å². The molecule has 2 rings (SSSR count). The first-order valence-corrected chi connectivity index (χ1v) is 11.5. The second-order valence-corrected chi connectivity index (χ2v) is 9.63. The molecule has 3 atom stereocenters. The molecule has 0 amide bonds. The summed E-state index contributed by atoms with van der Waals surface area (Å²) in [4.78, 5) is 3.60. The van der Waals surface area contributed by atoms with Gasteiger partial charge in [0.1, 0.15) is 5.37 Å². The van der Waals surface area contributed by atoms with E-state index in [4.69, 9.17) is 5.73 Å². The van der Waals surface area contributed by atoms with E-state index in [0.29, 0.717) is 12.6 Å². The lowest BCUT2D eigenvalue weighted by Crippen LogP contribution is -2.47. The number of nitrogens with two attached hydrogens (primary N) is 1. The maximum absolute atomic E-state index is 5.81. The molecule has 7 heteroatoms. The lowest BCUT2D eigenvalue weighted by atomic mass is 9.78. The van der Waals surface area contributed by atoms with Crippen LogP contribution in [0.4, 0.5) is 0 Å². The van der Waals surface area contributed by atoms with Crippen LogP contribution < -0.4 is 27.2 Å². The molecular formula is C22H40N6S. The van der Waals surface area contributed by atoms with Crippen LogP contribution in [0.15, 0.2) is 46.8 Å². The van der Waals surface area contributed by atoms with Gasteiger partial charge in [-0.25, -0.2) is 0 Å². The number of hydrazine groups is 1. The van der Waals surface area contributed by atoms with Gasteiger partial charge in [0.05, 0.1) is 6.04 Å². The number of hydrogen-bond acceptors (Lipinski definition) is 7. The summed E-state index contributed by atoms with van der Waals surface area (Å²) in [5.74, 6) is 0. The summed E-state index contributed by atoms with van der Waals surface area (Å²) in [7, 11) is 6.11. The van der Waals surface area contributed by atoms with Gasteiger partial charge in [0.2, 0.25) is 0 Å². The van der Waals surface area contributed by atoms with Crippen LogP contribution in [-0.4, -0.2) is 50.0 Å². The zero-order chi connectivity index (χ0) is 21.4. The molecule has 0 aromatic heterocycles. The highest BCUT2D eigenvalue weighted by atomic mass is 32.2. The summed E-state index contributed by atoms with van der Waals surface area (Å²) in [6, 6.07) is 0.705. The van der Waals surface area contributed by atoms with Crippen LogP contribution in [0, 0.1) is 5.41 Å². The van der Waals surface area contributed by atoms with E-state index in [1.54, 1.807) is 0 Å². The van der Waals surface area contributed by atoms with Crippen LogP contribution in [0.25, 0.3) is 0 Å². The lowest BCUT2D eigenvalue weighted by Gasteiger charge is -2.38. The molecule has 0 aliphatic carbocycles.